The Labute approximate surface area is 156 Å². The van der Waals surface area contributed by atoms with Gasteiger partial charge in [-0.15, -0.1) is 0 Å². The average Bonchev–Trinajstić information content (AvgIpc) is 2.58. The Balaban J connectivity index is 2.23. The summed E-state index contributed by atoms with van der Waals surface area (Å²) < 4.78 is 20.7. The van der Waals surface area contributed by atoms with Crippen molar-refractivity contribution in [3.8, 4) is 11.5 Å². The third kappa shape index (κ3) is 5.99. The lowest BCUT2D eigenvalue weighted by Gasteiger charge is -2.15. The number of rotatable bonds is 6. The summed E-state index contributed by atoms with van der Waals surface area (Å²) in [4.78, 5) is 29.2. The van der Waals surface area contributed by atoms with E-state index in [0.717, 1.165) is 22.3 Å². The number of phenolic OH excluding ortho intramolecular Hbond substituents is 1. The zero-order valence-electron chi connectivity index (χ0n) is 15.2. The van der Waals surface area contributed by atoms with E-state index in [1.165, 1.54) is 13.2 Å². The van der Waals surface area contributed by atoms with Gasteiger partial charge in [-0.3, -0.25) is 9.88 Å². The fraction of sp³-hybridized carbons (Fsp3) is 0.278. The van der Waals surface area contributed by atoms with E-state index < -0.39 is 20.0 Å². The van der Waals surface area contributed by atoms with Crippen molar-refractivity contribution in [3.05, 3.63) is 52.6 Å². The third-order valence-corrected chi connectivity index (χ3v) is 4.40. The maximum Gasteiger partial charge on any atom is 0.411 e. The first-order valence-corrected chi connectivity index (χ1v) is 9.83. The number of aryl methyl sites for hydroxylation is 2. The second-order valence-electron chi connectivity index (χ2n) is 6.12. The first kappa shape index (κ1) is 20.8. The summed E-state index contributed by atoms with van der Waals surface area (Å²) in [6.07, 6.45) is -0.820. The van der Waals surface area contributed by atoms with E-state index in [9.17, 15) is 14.5 Å². The molecular weight excluding hydrogens is 373 g/mol. The summed E-state index contributed by atoms with van der Waals surface area (Å²) in [5.41, 5.74) is 3.90. The molecule has 1 amide bonds. The molecule has 0 saturated heterocycles. The van der Waals surface area contributed by atoms with Gasteiger partial charge in [0.15, 0.2) is 6.35 Å². The molecule has 2 aromatic rings. The molecule has 0 heterocycles. The van der Waals surface area contributed by atoms with Crippen LogP contribution in [-0.2, 0) is 15.7 Å². The standard InChI is InChI=1S/C18H22NO7P/c1-11-6-14(26-10-27(22,23)24)7-12(2)15(11)8-13-4-5-17(20)16(9-13)19-18(21)25-3/h4-7,9,20H,8,10H2,1-3H3,(H,19,21)(H2,22,23,24). The van der Waals surface area contributed by atoms with E-state index >= 15 is 0 Å². The van der Waals surface area contributed by atoms with E-state index in [0.29, 0.717) is 12.2 Å². The van der Waals surface area contributed by atoms with Crippen LogP contribution in [0.4, 0.5) is 10.5 Å². The summed E-state index contributed by atoms with van der Waals surface area (Å²) in [5.74, 6) is 0.314. The van der Waals surface area contributed by atoms with Crippen LogP contribution < -0.4 is 10.1 Å². The molecule has 0 unspecified atom stereocenters. The quantitative estimate of drug-likeness (QED) is 0.437. The van der Waals surface area contributed by atoms with Gasteiger partial charge in [0.05, 0.1) is 12.8 Å². The van der Waals surface area contributed by atoms with Crippen molar-refractivity contribution >= 4 is 19.4 Å². The topological polar surface area (TPSA) is 125 Å². The Kier molecular flexibility index (Phi) is 6.49. The number of amides is 1. The first-order chi connectivity index (χ1) is 12.6. The molecule has 0 aliphatic heterocycles. The molecule has 9 heteroatoms. The Morgan fingerprint density at radius 1 is 1.15 bits per heavy atom. The molecular formula is C18H22NO7P. The lowest BCUT2D eigenvalue weighted by Crippen LogP contribution is -2.11. The number of ether oxygens (including phenoxy) is 2. The van der Waals surface area contributed by atoms with Crippen LogP contribution in [0.5, 0.6) is 11.5 Å². The van der Waals surface area contributed by atoms with E-state index in [4.69, 9.17) is 14.5 Å². The summed E-state index contributed by atoms with van der Waals surface area (Å²) in [6, 6.07) is 8.32. The highest BCUT2D eigenvalue weighted by molar-refractivity contribution is 7.51. The average molecular weight is 395 g/mol. The van der Waals surface area contributed by atoms with Gasteiger partial charge in [-0.2, -0.15) is 0 Å². The van der Waals surface area contributed by atoms with Crippen LogP contribution in [0.2, 0.25) is 0 Å². The van der Waals surface area contributed by atoms with Crippen molar-refractivity contribution < 1.29 is 33.7 Å². The minimum absolute atomic E-state index is 0.0706. The number of hydrogen-bond acceptors (Lipinski definition) is 5. The zero-order valence-corrected chi connectivity index (χ0v) is 16.1. The van der Waals surface area contributed by atoms with E-state index in [-0.39, 0.29) is 11.4 Å². The summed E-state index contributed by atoms with van der Waals surface area (Å²) in [5, 5.41) is 12.3. The largest absolute Gasteiger partial charge is 0.506 e. The van der Waals surface area contributed by atoms with Crippen molar-refractivity contribution in [3.63, 3.8) is 0 Å². The highest BCUT2D eigenvalue weighted by atomic mass is 31.2. The van der Waals surface area contributed by atoms with Gasteiger partial charge in [0, 0.05) is 0 Å². The number of benzene rings is 2. The van der Waals surface area contributed by atoms with Crippen LogP contribution in [0.1, 0.15) is 22.3 Å². The van der Waals surface area contributed by atoms with Crippen LogP contribution in [0, 0.1) is 13.8 Å². The molecule has 2 aromatic carbocycles. The molecule has 0 bridgehead atoms. The Morgan fingerprint density at radius 2 is 1.78 bits per heavy atom. The van der Waals surface area contributed by atoms with Crippen molar-refractivity contribution in [1.82, 2.24) is 0 Å². The van der Waals surface area contributed by atoms with Crippen LogP contribution >= 0.6 is 7.60 Å². The van der Waals surface area contributed by atoms with E-state index in [2.05, 4.69) is 10.1 Å². The second-order valence-corrected chi connectivity index (χ2v) is 7.71. The fourth-order valence-electron chi connectivity index (χ4n) is 2.63. The number of carbonyl (C=O) groups excluding carboxylic acids is 1. The maximum absolute atomic E-state index is 11.4. The molecule has 8 nitrogen and oxygen atoms in total. The van der Waals surface area contributed by atoms with Gasteiger partial charge in [0.2, 0.25) is 0 Å². The van der Waals surface area contributed by atoms with Crippen LogP contribution in [0.25, 0.3) is 0 Å². The number of hydrogen-bond donors (Lipinski definition) is 4. The number of aromatic hydroxyl groups is 1. The zero-order chi connectivity index (χ0) is 20.2. The molecule has 0 fully saturated rings. The minimum atomic E-state index is -4.24. The molecule has 0 aliphatic carbocycles. The van der Waals surface area contributed by atoms with Gasteiger partial charge in [-0.1, -0.05) is 6.07 Å². The molecule has 0 radical (unpaired) electrons. The van der Waals surface area contributed by atoms with Gasteiger partial charge < -0.3 is 24.4 Å². The first-order valence-electron chi connectivity index (χ1n) is 8.03. The SMILES string of the molecule is COC(=O)Nc1cc(Cc2c(C)cc(OCP(=O)(O)O)cc2C)ccc1O. The van der Waals surface area contributed by atoms with Crippen LogP contribution in [0.3, 0.4) is 0 Å². The summed E-state index contributed by atoms with van der Waals surface area (Å²) in [6.45, 7) is 3.75. The van der Waals surface area contributed by atoms with E-state index in [1.54, 1.807) is 24.3 Å². The lowest BCUT2D eigenvalue weighted by molar-refractivity contribution is 0.187. The Morgan fingerprint density at radius 3 is 2.33 bits per heavy atom. The summed E-state index contributed by atoms with van der Waals surface area (Å²) in [7, 11) is -3.01. The number of phenols is 1. The number of methoxy groups -OCH3 is 1. The van der Waals surface area contributed by atoms with Gasteiger partial charge in [-0.05, 0) is 66.8 Å². The molecule has 0 aliphatic rings. The highest BCUT2D eigenvalue weighted by Gasteiger charge is 2.15. The Bertz CT molecular complexity index is 868. The van der Waals surface area contributed by atoms with Gasteiger partial charge in [0.1, 0.15) is 11.5 Å². The molecule has 27 heavy (non-hydrogen) atoms. The fourth-order valence-corrected chi connectivity index (χ4v) is 2.95. The molecule has 0 spiro atoms. The molecule has 146 valence electrons. The van der Waals surface area contributed by atoms with Crippen molar-refractivity contribution in [2.75, 3.05) is 18.8 Å². The second kappa shape index (κ2) is 8.43. The monoisotopic (exact) mass is 395 g/mol. The van der Waals surface area contributed by atoms with Gasteiger partial charge in [0.25, 0.3) is 0 Å². The van der Waals surface area contributed by atoms with E-state index in [1.807, 2.05) is 13.8 Å². The van der Waals surface area contributed by atoms with Gasteiger partial charge >= 0.3 is 13.7 Å². The number of carbonyl (C=O) groups is 1. The number of anilines is 1. The predicted molar refractivity (Wildman–Crippen MR) is 100 cm³/mol. The van der Waals surface area contributed by atoms with Crippen LogP contribution in [0.15, 0.2) is 30.3 Å². The Hall–Kier alpha value is -2.54. The smallest absolute Gasteiger partial charge is 0.411 e. The molecule has 2 rings (SSSR count). The molecule has 0 atom stereocenters. The predicted octanol–water partition coefficient (Wildman–Crippen LogP) is 3.29. The van der Waals surface area contributed by atoms with Crippen LogP contribution in [-0.4, -0.2) is 34.4 Å². The van der Waals surface area contributed by atoms with Gasteiger partial charge in [-0.25, -0.2) is 4.79 Å². The number of nitrogens with one attached hydrogen (secondary N) is 1. The molecule has 4 N–H and O–H groups in total. The highest BCUT2D eigenvalue weighted by Crippen LogP contribution is 2.35. The lowest BCUT2D eigenvalue weighted by atomic mass is 9.95. The van der Waals surface area contributed by atoms with Crippen molar-refractivity contribution in [2.24, 2.45) is 0 Å². The maximum atomic E-state index is 11.4. The van der Waals surface area contributed by atoms with Crippen molar-refractivity contribution in [2.45, 2.75) is 20.3 Å². The molecule has 0 aromatic heterocycles. The third-order valence-electron chi connectivity index (χ3n) is 3.93. The normalized spacial score (nSPS) is 11.1. The van der Waals surface area contributed by atoms with Crippen molar-refractivity contribution in [1.29, 1.82) is 0 Å². The minimum Gasteiger partial charge on any atom is -0.506 e. The summed E-state index contributed by atoms with van der Waals surface area (Å²) >= 11 is 0. The molecule has 0 saturated carbocycles.